The SMILES string of the molecule is CCCOc1ccc(C2C(C(=O)OCC)=C(C)N=c3s/c(=C\c4ccc(O)c(OCC)c4)c(=O)n32)cc1. The summed E-state index contributed by atoms with van der Waals surface area (Å²) in [5.74, 6) is 0.581. The Morgan fingerprint density at radius 1 is 1.11 bits per heavy atom. The number of rotatable bonds is 9. The highest BCUT2D eigenvalue weighted by molar-refractivity contribution is 7.07. The van der Waals surface area contributed by atoms with E-state index in [2.05, 4.69) is 4.99 Å². The summed E-state index contributed by atoms with van der Waals surface area (Å²) in [4.78, 5) is 31.8. The average Bonchev–Trinajstić information content (AvgIpc) is 3.18. The van der Waals surface area contributed by atoms with Crippen LogP contribution in [0.5, 0.6) is 17.2 Å². The second-order valence-corrected chi connectivity index (χ2v) is 9.39. The second-order valence-electron chi connectivity index (χ2n) is 8.38. The molecule has 0 bridgehead atoms. The monoisotopic (exact) mass is 522 g/mol. The van der Waals surface area contributed by atoms with Gasteiger partial charge in [0.25, 0.3) is 5.56 Å². The third kappa shape index (κ3) is 5.46. The molecule has 9 heteroatoms. The number of esters is 1. The molecule has 1 aliphatic rings. The molecule has 1 aromatic heterocycles. The number of carbonyl (C=O) groups is 1. The molecule has 0 radical (unpaired) electrons. The van der Waals surface area contributed by atoms with Gasteiger partial charge in [-0.05, 0) is 68.7 Å². The third-order valence-electron chi connectivity index (χ3n) is 5.77. The normalized spacial score (nSPS) is 15.2. The first-order chi connectivity index (χ1) is 17.9. The molecular weight excluding hydrogens is 492 g/mol. The highest BCUT2D eigenvalue weighted by Gasteiger charge is 2.33. The molecule has 37 heavy (non-hydrogen) atoms. The van der Waals surface area contributed by atoms with E-state index in [1.165, 1.54) is 17.4 Å². The minimum atomic E-state index is -0.698. The van der Waals surface area contributed by atoms with E-state index in [1.807, 2.05) is 38.1 Å². The molecular formula is C28H30N2O6S. The van der Waals surface area contributed by atoms with Gasteiger partial charge in [-0.25, -0.2) is 9.79 Å². The third-order valence-corrected chi connectivity index (χ3v) is 6.75. The van der Waals surface area contributed by atoms with E-state index in [-0.39, 0.29) is 17.9 Å². The zero-order valence-electron chi connectivity index (χ0n) is 21.3. The van der Waals surface area contributed by atoms with E-state index in [9.17, 15) is 14.7 Å². The van der Waals surface area contributed by atoms with Crippen LogP contribution in [-0.2, 0) is 9.53 Å². The Morgan fingerprint density at radius 2 is 1.86 bits per heavy atom. The molecule has 1 aliphatic heterocycles. The minimum Gasteiger partial charge on any atom is -0.504 e. The molecule has 0 saturated carbocycles. The molecule has 0 aliphatic carbocycles. The number of phenols is 1. The van der Waals surface area contributed by atoms with E-state index in [1.54, 1.807) is 36.6 Å². The molecule has 194 valence electrons. The van der Waals surface area contributed by atoms with Gasteiger partial charge in [0.2, 0.25) is 0 Å². The number of fused-ring (bicyclic) bond motifs is 1. The number of phenolic OH excluding ortho intramolecular Hbond substituents is 1. The number of hydrogen-bond acceptors (Lipinski definition) is 8. The van der Waals surface area contributed by atoms with Crippen molar-refractivity contribution >= 4 is 23.4 Å². The minimum absolute atomic E-state index is 0.0292. The van der Waals surface area contributed by atoms with E-state index in [0.717, 1.165) is 12.0 Å². The summed E-state index contributed by atoms with van der Waals surface area (Å²) in [5, 5.41) is 10.0. The first-order valence-corrected chi connectivity index (χ1v) is 13.1. The van der Waals surface area contributed by atoms with Gasteiger partial charge in [-0.3, -0.25) is 9.36 Å². The topological polar surface area (TPSA) is 99.4 Å². The molecule has 2 aromatic carbocycles. The van der Waals surface area contributed by atoms with Crippen molar-refractivity contribution in [2.24, 2.45) is 4.99 Å². The summed E-state index contributed by atoms with van der Waals surface area (Å²) in [6.07, 6.45) is 2.62. The van der Waals surface area contributed by atoms with Crippen molar-refractivity contribution in [3.8, 4) is 17.2 Å². The molecule has 0 spiro atoms. The lowest BCUT2D eigenvalue weighted by atomic mass is 9.96. The maximum atomic E-state index is 13.7. The van der Waals surface area contributed by atoms with Crippen LogP contribution >= 0.6 is 11.3 Å². The zero-order chi connectivity index (χ0) is 26.5. The highest BCUT2D eigenvalue weighted by Crippen LogP contribution is 2.32. The summed E-state index contributed by atoms with van der Waals surface area (Å²) in [5.41, 5.74) is 2.00. The molecule has 0 fully saturated rings. The number of thiazole rings is 1. The van der Waals surface area contributed by atoms with Crippen LogP contribution in [0.1, 0.15) is 51.3 Å². The summed E-state index contributed by atoms with van der Waals surface area (Å²) < 4.78 is 18.5. The van der Waals surface area contributed by atoms with Crippen molar-refractivity contribution in [2.75, 3.05) is 19.8 Å². The molecule has 1 unspecified atom stereocenters. The summed E-state index contributed by atoms with van der Waals surface area (Å²) in [7, 11) is 0. The Bertz CT molecular complexity index is 1500. The van der Waals surface area contributed by atoms with Gasteiger partial charge < -0.3 is 19.3 Å². The van der Waals surface area contributed by atoms with Gasteiger partial charge in [-0.15, -0.1) is 0 Å². The first-order valence-electron chi connectivity index (χ1n) is 12.3. The number of aromatic hydroxyl groups is 1. The van der Waals surface area contributed by atoms with Crippen LogP contribution in [0, 0.1) is 0 Å². The Morgan fingerprint density at radius 3 is 2.54 bits per heavy atom. The zero-order valence-corrected chi connectivity index (χ0v) is 22.1. The van der Waals surface area contributed by atoms with Gasteiger partial charge in [-0.2, -0.15) is 0 Å². The van der Waals surface area contributed by atoms with E-state index >= 15 is 0 Å². The Balaban J connectivity index is 1.86. The lowest BCUT2D eigenvalue weighted by Crippen LogP contribution is -2.39. The lowest BCUT2D eigenvalue weighted by Gasteiger charge is -2.24. The first kappa shape index (κ1) is 26.2. The second kappa shape index (κ2) is 11.5. The van der Waals surface area contributed by atoms with Crippen molar-refractivity contribution in [3.05, 3.63) is 84.5 Å². The lowest BCUT2D eigenvalue weighted by molar-refractivity contribution is -0.139. The Labute approximate surface area is 218 Å². The van der Waals surface area contributed by atoms with Crippen LogP contribution in [0.15, 0.2) is 63.5 Å². The van der Waals surface area contributed by atoms with Crippen molar-refractivity contribution in [1.29, 1.82) is 0 Å². The van der Waals surface area contributed by atoms with Crippen molar-refractivity contribution in [1.82, 2.24) is 4.57 Å². The highest BCUT2D eigenvalue weighted by atomic mass is 32.1. The van der Waals surface area contributed by atoms with Crippen LogP contribution in [0.3, 0.4) is 0 Å². The van der Waals surface area contributed by atoms with E-state index in [4.69, 9.17) is 14.2 Å². The van der Waals surface area contributed by atoms with Crippen molar-refractivity contribution in [3.63, 3.8) is 0 Å². The maximum Gasteiger partial charge on any atom is 0.338 e. The van der Waals surface area contributed by atoms with Crippen LogP contribution in [-0.4, -0.2) is 35.5 Å². The molecule has 2 heterocycles. The van der Waals surface area contributed by atoms with Gasteiger partial charge >= 0.3 is 5.97 Å². The fourth-order valence-electron chi connectivity index (χ4n) is 4.12. The van der Waals surface area contributed by atoms with E-state index in [0.29, 0.717) is 50.9 Å². The molecule has 0 amide bonds. The Kier molecular flexibility index (Phi) is 8.13. The fraction of sp³-hybridized carbons (Fsp3) is 0.321. The quantitative estimate of drug-likeness (QED) is 0.431. The number of carbonyl (C=O) groups excluding carboxylic acids is 1. The van der Waals surface area contributed by atoms with Gasteiger partial charge in [0.15, 0.2) is 16.3 Å². The van der Waals surface area contributed by atoms with E-state index < -0.39 is 12.0 Å². The van der Waals surface area contributed by atoms with Crippen LogP contribution in [0.4, 0.5) is 0 Å². The van der Waals surface area contributed by atoms with Gasteiger partial charge in [0.1, 0.15) is 5.75 Å². The average molecular weight is 523 g/mol. The summed E-state index contributed by atoms with van der Waals surface area (Å²) in [6.45, 7) is 8.57. The molecule has 1 N–H and O–H groups in total. The van der Waals surface area contributed by atoms with Crippen molar-refractivity contribution < 1.29 is 24.1 Å². The number of nitrogens with zero attached hydrogens (tertiary/aromatic N) is 2. The number of benzene rings is 2. The van der Waals surface area contributed by atoms with Crippen LogP contribution in [0.25, 0.3) is 6.08 Å². The molecule has 3 aromatic rings. The molecule has 0 saturated heterocycles. The van der Waals surface area contributed by atoms with Gasteiger partial charge in [0, 0.05) is 0 Å². The van der Waals surface area contributed by atoms with Crippen molar-refractivity contribution in [2.45, 2.75) is 40.2 Å². The number of allylic oxidation sites excluding steroid dienone is 1. The smallest absolute Gasteiger partial charge is 0.338 e. The molecule has 1 atom stereocenters. The Hall–Kier alpha value is -3.85. The predicted molar refractivity (Wildman–Crippen MR) is 142 cm³/mol. The maximum absolute atomic E-state index is 13.7. The molecule has 8 nitrogen and oxygen atoms in total. The van der Waals surface area contributed by atoms with Gasteiger partial charge in [0.05, 0.1) is 41.7 Å². The number of hydrogen-bond donors (Lipinski definition) is 1. The van der Waals surface area contributed by atoms with Crippen LogP contribution in [0.2, 0.25) is 0 Å². The fourth-order valence-corrected chi connectivity index (χ4v) is 5.16. The summed E-state index contributed by atoms with van der Waals surface area (Å²) in [6, 6.07) is 11.6. The number of ether oxygens (including phenoxy) is 3. The number of aromatic nitrogens is 1. The van der Waals surface area contributed by atoms with Crippen LogP contribution < -0.4 is 24.4 Å². The predicted octanol–water partition coefficient (Wildman–Crippen LogP) is 3.69. The largest absolute Gasteiger partial charge is 0.504 e. The standard InChI is InChI=1S/C28H30N2O6S/c1-5-14-36-20-11-9-19(10-12-20)25-24(27(33)35-7-3)17(4)29-28-30(25)26(32)23(37-28)16-18-8-13-21(31)22(15-18)34-6-2/h8-13,15-16,25,31H,5-7,14H2,1-4H3/b23-16-. The van der Waals surface area contributed by atoms with Gasteiger partial charge in [-0.1, -0.05) is 36.5 Å². The molecule has 4 rings (SSSR count). The summed E-state index contributed by atoms with van der Waals surface area (Å²) >= 11 is 1.24.